The Kier molecular flexibility index (Phi) is 6.50. The highest BCUT2D eigenvalue weighted by Gasteiger charge is 2.55. The number of rotatable bonds is 6. The first-order valence-electron chi connectivity index (χ1n) is 7.83. The van der Waals surface area contributed by atoms with Gasteiger partial charge in [0.15, 0.2) is 5.60 Å². The second-order valence-corrected chi connectivity index (χ2v) is 5.96. The molecule has 0 aromatic rings. The van der Waals surface area contributed by atoms with E-state index in [1.165, 1.54) is 4.90 Å². The molecule has 124 valence electrons. The molecule has 0 spiro atoms. The van der Waals surface area contributed by atoms with Crippen molar-refractivity contribution in [3.63, 3.8) is 0 Å². The number of carbonyl (C=O) groups excluding carboxylic acids is 1. The zero-order valence-corrected chi connectivity index (χ0v) is 12.9. The summed E-state index contributed by atoms with van der Waals surface area (Å²) in [6, 6.07) is 0. The van der Waals surface area contributed by atoms with E-state index in [1.807, 2.05) is 6.92 Å². The molecule has 0 aromatic heterocycles. The monoisotopic (exact) mass is 309 g/mol. The van der Waals surface area contributed by atoms with Crippen LogP contribution in [0.4, 0.5) is 13.2 Å². The Morgan fingerprint density at radius 1 is 1.24 bits per heavy atom. The lowest BCUT2D eigenvalue weighted by molar-refractivity contribution is -0.272. The number of carbonyl (C=O) groups is 1. The van der Waals surface area contributed by atoms with Crippen LogP contribution in [0.5, 0.6) is 0 Å². The summed E-state index contributed by atoms with van der Waals surface area (Å²) in [7, 11) is 0. The molecular formula is C15H26F3NO2. The van der Waals surface area contributed by atoms with Gasteiger partial charge in [0, 0.05) is 31.8 Å². The van der Waals surface area contributed by atoms with E-state index >= 15 is 0 Å². The van der Waals surface area contributed by atoms with Gasteiger partial charge in [-0.05, 0) is 12.8 Å². The number of amides is 1. The highest BCUT2D eigenvalue weighted by atomic mass is 19.4. The fraction of sp³-hybridized carbons (Fsp3) is 0.933. The summed E-state index contributed by atoms with van der Waals surface area (Å²) in [5.41, 5.74) is -2.63. The molecule has 1 unspecified atom stereocenters. The summed E-state index contributed by atoms with van der Waals surface area (Å²) in [6.07, 6.45) is -0.841. The number of nitrogens with zero attached hydrogens (tertiary/aromatic N) is 1. The SMILES string of the molecule is CCCCCC(CC)C(=O)N1CCC(O)(C(F)(F)F)CC1. The molecule has 1 N–H and O–H groups in total. The van der Waals surface area contributed by atoms with Crippen LogP contribution in [0, 0.1) is 5.92 Å². The molecule has 1 aliphatic rings. The molecule has 0 bridgehead atoms. The number of unbranched alkanes of at least 4 members (excludes halogenated alkanes) is 2. The van der Waals surface area contributed by atoms with Crippen molar-refractivity contribution in [2.45, 2.75) is 70.6 Å². The first-order chi connectivity index (χ1) is 9.75. The van der Waals surface area contributed by atoms with E-state index in [-0.39, 0.29) is 24.9 Å². The van der Waals surface area contributed by atoms with Crippen molar-refractivity contribution < 1.29 is 23.1 Å². The zero-order chi connectivity index (χ0) is 16.1. The fourth-order valence-corrected chi connectivity index (χ4v) is 2.78. The fourth-order valence-electron chi connectivity index (χ4n) is 2.78. The minimum atomic E-state index is -4.62. The van der Waals surface area contributed by atoms with Gasteiger partial charge in [-0.25, -0.2) is 0 Å². The van der Waals surface area contributed by atoms with E-state index in [4.69, 9.17) is 0 Å². The summed E-state index contributed by atoms with van der Waals surface area (Å²) in [6.45, 7) is 3.99. The van der Waals surface area contributed by atoms with E-state index in [2.05, 4.69) is 6.92 Å². The van der Waals surface area contributed by atoms with Crippen molar-refractivity contribution in [3.05, 3.63) is 0 Å². The second kappa shape index (κ2) is 7.47. The third-order valence-corrected chi connectivity index (χ3v) is 4.43. The maximum atomic E-state index is 12.7. The summed E-state index contributed by atoms with van der Waals surface area (Å²) in [5.74, 6) is -0.161. The van der Waals surface area contributed by atoms with Crippen LogP contribution in [0.3, 0.4) is 0 Å². The topological polar surface area (TPSA) is 40.5 Å². The number of likely N-dealkylation sites (tertiary alicyclic amines) is 1. The number of hydrogen-bond acceptors (Lipinski definition) is 2. The van der Waals surface area contributed by atoms with Crippen LogP contribution >= 0.6 is 0 Å². The van der Waals surface area contributed by atoms with Crippen molar-refractivity contribution in [2.24, 2.45) is 5.92 Å². The minimum absolute atomic E-state index is 0.0148. The number of piperidine rings is 1. The van der Waals surface area contributed by atoms with Crippen LogP contribution in [0.2, 0.25) is 0 Å². The molecule has 0 aromatic carbocycles. The van der Waals surface area contributed by atoms with Gasteiger partial charge < -0.3 is 10.0 Å². The van der Waals surface area contributed by atoms with Crippen molar-refractivity contribution >= 4 is 5.91 Å². The molecule has 1 heterocycles. The van der Waals surface area contributed by atoms with E-state index in [1.54, 1.807) is 0 Å². The van der Waals surface area contributed by atoms with E-state index in [0.29, 0.717) is 6.42 Å². The van der Waals surface area contributed by atoms with Crippen molar-refractivity contribution in [1.82, 2.24) is 4.90 Å². The number of aliphatic hydroxyl groups is 1. The average molecular weight is 309 g/mol. The Balaban J connectivity index is 2.54. The molecular weight excluding hydrogens is 283 g/mol. The van der Waals surface area contributed by atoms with Gasteiger partial charge in [0.05, 0.1) is 0 Å². The normalized spacial score (nSPS) is 20.4. The molecule has 0 aliphatic carbocycles. The Morgan fingerprint density at radius 3 is 2.24 bits per heavy atom. The second-order valence-electron chi connectivity index (χ2n) is 5.96. The quantitative estimate of drug-likeness (QED) is 0.763. The van der Waals surface area contributed by atoms with Crippen molar-refractivity contribution in [2.75, 3.05) is 13.1 Å². The van der Waals surface area contributed by atoms with E-state index in [0.717, 1.165) is 25.7 Å². The largest absolute Gasteiger partial charge is 0.417 e. The number of halogens is 3. The predicted molar refractivity (Wildman–Crippen MR) is 74.7 cm³/mol. The highest BCUT2D eigenvalue weighted by Crippen LogP contribution is 2.38. The molecule has 3 nitrogen and oxygen atoms in total. The Hall–Kier alpha value is -0.780. The minimum Gasteiger partial charge on any atom is -0.380 e. The molecule has 1 amide bonds. The van der Waals surface area contributed by atoms with Crippen LogP contribution in [0.1, 0.15) is 58.8 Å². The standard InChI is InChI=1S/C15H26F3NO2/c1-3-5-6-7-12(4-2)13(20)19-10-8-14(21,9-11-19)15(16,17)18/h12,21H,3-11H2,1-2H3. The molecule has 0 saturated carbocycles. The van der Waals surface area contributed by atoms with Crippen LogP contribution in [0.25, 0.3) is 0 Å². The molecule has 1 aliphatic heterocycles. The molecule has 1 saturated heterocycles. The third kappa shape index (κ3) is 4.59. The van der Waals surface area contributed by atoms with E-state index < -0.39 is 24.6 Å². The molecule has 1 rings (SSSR count). The Morgan fingerprint density at radius 2 is 1.81 bits per heavy atom. The summed E-state index contributed by atoms with van der Waals surface area (Å²) in [5, 5.41) is 9.61. The van der Waals surface area contributed by atoms with Gasteiger partial charge in [-0.1, -0.05) is 33.1 Å². The van der Waals surface area contributed by atoms with Gasteiger partial charge in [0.2, 0.25) is 5.91 Å². The Labute approximate surface area is 124 Å². The van der Waals surface area contributed by atoms with Crippen LogP contribution in [-0.2, 0) is 4.79 Å². The number of hydrogen-bond donors (Lipinski definition) is 1. The summed E-state index contributed by atoms with van der Waals surface area (Å²) in [4.78, 5) is 13.8. The molecule has 1 fully saturated rings. The lowest BCUT2D eigenvalue weighted by Gasteiger charge is -2.40. The van der Waals surface area contributed by atoms with Gasteiger partial charge >= 0.3 is 6.18 Å². The molecule has 6 heteroatoms. The Bertz CT molecular complexity index is 336. The van der Waals surface area contributed by atoms with Crippen molar-refractivity contribution in [3.8, 4) is 0 Å². The zero-order valence-electron chi connectivity index (χ0n) is 12.9. The van der Waals surface area contributed by atoms with Gasteiger partial charge in [-0.15, -0.1) is 0 Å². The van der Waals surface area contributed by atoms with Gasteiger partial charge in [-0.2, -0.15) is 13.2 Å². The van der Waals surface area contributed by atoms with Crippen molar-refractivity contribution in [1.29, 1.82) is 0 Å². The smallest absolute Gasteiger partial charge is 0.380 e. The van der Waals surface area contributed by atoms with Gasteiger partial charge in [-0.3, -0.25) is 4.79 Å². The average Bonchev–Trinajstić information content (AvgIpc) is 2.43. The van der Waals surface area contributed by atoms with Crippen LogP contribution in [0.15, 0.2) is 0 Å². The first kappa shape index (κ1) is 18.3. The number of alkyl halides is 3. The maximum Gasteiger partial charge on any atom is 0.417 e. The molecule has 1 atom stereocenters. The van der Waals surface area contributed by atoms with Crippen LogP contribution < -0.4 is 0 Å². The summed E-state index contributed by atoms with van der Waals surface area (Å²) >= 11 is 0. The molecule has 0 radical (unpaired) electrons. The lowest BCUT2D eigenvalue weighted by atomic mass is 9.89. The maximum absolute atomic E-state index is 12.7. The highest BCUT2D eigenvalue weighted by molar-refractivity contribution is 5.78. The lowest BCUT2D eigenvalue weighted by Crippen LogP contribution is -2.55. The third-order valence-electron chi connectivity index (χ3n) is 4.43. The van der Waals surface area contributed by atoms with Gasteiger partial charge in [0.1, 0.15) is 0 Å². The molecule has 21 heavy (non-hydrogen) atoms. The van der Waals surface area contributed by atoms with E-state index in [9.17, 15) is 23.1 Å². The first-order valence-corrected chi connectivity index (χ1v) is 7.83. The predicted octanol–water partition coefficient (Wildman–Crippen LogP) is 3.51. The van der Waals surface area contributed by atoms with Crippen LogP contribution in [-0.4, -0.2) is 40.8 Å². The summed E-state index contributed by atoms with van der Waals surface area (Å²) < 4.78 is 38.2. The van der Waals surface area contributed by atoms with Gasteiger partial charge in [0.25, 0.3) is 0 Å².